The van der Waals surface area contributed by atoms with Gasteiger partial charge in [-0.1, -0.05) is 24.2 Å². The number of urea groups is 1. The van der Waals surface area contributed by atoms with E-state index in [2.05, 4.69) is 20.8 Å². The zero-order chi connectivity index (χ0) is 13.9. The van der Waals surface area contributed by atoms with Gasteiger partial charge < -0.3 is 10.4 Å². The number of rotatable bonds is 4. The van der Waals surface area contributed by atoms with E-state index in [1.54, 1.807) is 0 Å². The lowest BCUT2D eigenvalue weighted by molar-refractivity contribution is 0.0506. The van der Waals surface area contributed by atoms with Crippen LogP contribution in [0.3, 0.4) is 0 Å². The number of nitrogens with zero attached hydrogens (tertiary/aromatic N) is 2. The highest BCUT2D eigenvalue weighted by Crippen LogP contribution is 2.28. The first-order valence-corrected chi connectivity index (χ1v) is 6.69. The van der Waals surface area contributed by atoms with E-state index in [-0.39, 0.29) is 11.7 Å². The van der Waals surface area contributed by atoms with E-state index in [0.717, 1.165) is 12.8 Å². The summed E-state index contributed by atoms with van der Waals surface area (Å²) in [5.74, 6) is 0. The third-order valence-electron chi connectivity index (χ3n) is 2.96. The predicted molar refractivity (Wildman–Crippen MR) is 65.3 cm³/mol. The van der Waals surface area contributed by atoms with Crippen molar-refractivity contribution in [1.82, 2.24) is 15.5 Å². The molecule has 0 aliphatic heterocycles. The highest BCUT2D eigenvalue weighted by molar-refractivity contribution is 7.15. The van der Waals surface area contributed by atoms with E-state index in [0.29, 0.717) is 24.2 Å². The smallest absolute Gasteiger partial charge is 0.321 e. The van der Waals surface area contributed by atoms with Crippen molar-refractivity contribution >= 4 is 22.5 Å². The van der Waals surface area contributed by atoms with E-state index in [1.807, 2.05) is 0 Å². The zero-order valence-corrected chi connectivity index (χ0v) is 10.8. The Morgan fingerprint density at radius 1 is 1.42 bits per heavy atom. The quantitative estimate of drug-likeness (QED) is 0.791. The first-order valence-electron chi connectivity index (χ1n) is 5.87. The highest BCUT2D eigenvalue weighted by atomic mass is 32.1. The van der Waals surface area contributed by atoms with Gasteiger partial charge in [0.05, 0.1) is 5.60 Å². The summed E-state index contributed by atoms with van der Waals surface area (Å²) in [7, 11) is 0. The summed E-state index contributed by atoms with van der Waals surface area (Å²) in [6, 6.07) is -0.586. The number of nitrogens with one attached hydrogen (secondary N) is 2. The average Bonchev–Trinajstić information content (AvgIpc) is 2.97. The van der Waals surface area contributed by atoms with Crippen LogP contribution in [0.25, 0.3) is 0 Å². The number of hydrogen-bond acceptors (Lipinski definition) is 5. The van der Waals surface area contributed by atoms with Crippen molar-refractivity contribution in [1.29, 1.82) is 0 Å². The van der Waals surface area contributed by atoms with E-state index in [9.17, 15) is 18.7 Å². The van der Waals surface area contributed by atoms with Crippen LogP contribution in [-0.4, -0.2) is 33.5 Å². The molecular weight excluding hydrogens is 278 g/mol. The van der Waals surface area contributed by atoms with E-state index >= 15 is 0 Å². The van der Waals surface area contributed by atoms with Crippen LogP contribution in [0.1, 0.15) is 37.1 Å². The van der Waals surface area contributed by atoms with Gasteiger partial charge in [0.25, 0.3) is 6.43 Å². The standard InChI is InChI=1S/C10H14F2N4O2S/c11-6(12)7-15-16-9(19-7)14-8(17)13-5-10(18)3-1-2-4-10/h6,18H,1-5H2,(H2,13,14,16,17). The van der Waals surface area contributed by atoms with E-state index in [4.69, 9.17) is 0 Å². The van der Waals surface area contributed by atoms with Gasteiger partial charge in [-0.15, -0.1) is 10.2 Å². The molecule has 2 rings (SSSR count). The van der Waals surface area contributed by atoms with Crippen LogP contribution >= 0.6 is 11.3 Å². The second-order valence-electron chi connectivity index (χ2n) is 4.49. The van der Waals surface area contributed by atoms with Crippen molar-refractivity contribution < 1.29 is 18.7 Å². The van der Waals surface area contributed by atoms with Gasteiger partial charge in [0.2, 0.25) is 5.13 Å². The molecule has 0 radical (unpaired) electrons. The lowest BCUT2D eigenvalue weighted by atomic mass is 10.0. The summed E-state index contributed by atoms with van der Waals surface area (Å²) >= 11 is 0.620. The minimum absolute atomic E-state index is 0.00575. The Morgan fingerprint density at radius 3 is 2.68 bits per heavy atom. The molecule has 0 unspecified atom stereocenters. The highest BCUT2D eigenvalue weighted by Gasteiger charge is 2.31. The Kier molecular flexibility index (Phi) is 4.25. The van der Waals surface area contributed by atoms with Gasteiger partial charge in [-0.3, -0.25) is 5.32 Å². The summed E-state index contributed by atoms with van der Waals surface area (Å²) in [5.41, 5.74) is -0.855. The van der Waals surface area contributed by atoms with Gasteiger partial charge >= 0.3 is 6.03 Å². The largest absolute Gasteiger partial charge is 0.388 e. The van der Waals surface area contributed by atoms with Gasteiger partial charge in [-0.2, -0.15) is 0 Å². The third kappa shape index (κ3) is 3.80. The summed E-state index contributed by atoms with van der Waals surface area (Å²) in [6.45, 7) is 0.138. The SMILES string of the molecule is O=C(NCC1(O)CCCC1)Nc1nnc(C(F)F)s1. The molecule has 0 aromatic carbocycles. The van der Waals surface area contributed by atoms with Crippen molar-refractivity contribution in [2.24, 2.45) is 0 Å². The molecule has 6 nitrogen and oxygen atoms in total. The molecule has 1 aliphatic carbocycles. The summed E-state index contributed by atoms with van der Waals surface area (Å²) in [5, 5.41) is 21.1. The maximum Gasteiger partial charge on any atom is 0.321 e. The number of alkyl halides is 2. The molecule has 2 amide bonds. The minimum Gasteiger partial charge on any atom is -0.388 e. The molecule has 1 fully saturated rings. The predicted octanol–water partition coefficient (Wildman–Crippen LogP) is 1.90. The number of aromatic nitrogens is 2. The molecule has 0 spiro atoms. The fraction of sp³-hybridized carbons (Fsp3) is 0.700. The van der Waals surface area contributed by atoms with Gasteiger partial charge in [0, 0.05) is 6.54 Å². The van der Waals surface area contributed by atoms with Crippen LogP contribution in [0.2, 0.25) is 0 Å². The number of hydrogen-bond donors (Lipinski definition) is 3. The Bertz CT molecular complexity index is 448. The van der Waals surface area contributed by atoms with Crippen LogP contribution in [-0.2, 0) is 0 Å². The molecule has 0 saturated heterocycles. The minimum atomic E-state index is -2.70. The average molecular weight is 292 g/mol. The molecule has 106 valence electrons. The van der Waals surface area contributed by atoms with Crippen LogP contribution in [0.5, 0.6) is 0 Å². The maximum atomic E-state index is 12.3. The molecule has 1 heterocycles. The first kappa shape index (κ1) is 14.1. The van der Waals surface area contributed by atoms with Gasteiger partial charge in [-0.25, -0.2) is 13.6 Å². The Balaban J connectivity index is 1.80. The van der Waals surface area contributed by atoms with Crippen molar-refractivity contribution in [3.8, 4) is 0 Å². The molecule has 1 aromatic heterocycles. The number of aliphatic hydroxyl groups is 1. The molecule has 9 heteroatoms. The van der Waals surface area contributed by atoms with Crippen molar-refractivity contribution in [2.45, 2.75) is 37.7 Å². The Morgan fingerprint density at radius 2 is 2.11 bits per heavy atom. The molecular formula is C10H14F2N4O2S. The van der Waals surface area contributed by atoms with Crippen molar-refractivity contribution in [3.05, 3.63) is 5.01 Å². The topological polar surface area (TPSA) is 87.1 Å². The number of carbonyl (C=O) groups excluding carboxylic acids is 1. The first-order chi connectivity index (χ1) is 8.98. The van der Waals surface area contributed by atoms with Gasteiger partial charge in [-0.05, 0) is 12.8 Å². The molecule has 1 aliphatic rings. The van der Waals surface area contributed by atoms with Crippen LogP contribution in [0.4, 0.5) is 18.7 Å². The molecule has 0 atom stereocenters. The lowest BCUT2D eigenvalue weighted by Crippen LogP contribution is -2.42. The van der Waals surface area contributed by atoms with Crippen LogP contribution in [0, 0.1) is 0 Å². The van der Waals surface area contributed by atoms with E-state index in [1.165, 1.54) is 0 Å². The summed E-state index contributed by atoms with van der Waals surface area (Å²) in [4.78, 5) is 11.5. The molecule has 3 N–H and O–H groups in total. The fourth-order valence-corrected chi connectivity index (χ4v) is 2.56. The van der Waals surface area contributed by atoms with Crippen molar-refractivity contribution in [3.63, 3.8) is 0 Å². The number of carbonyl (C=O) groups is 1. The van der Waals surface area contributed by atoms with Crippen LogP contribution < -0.4 is 10.6 Å². The van der Waals surface area contributed by atoms with E-state index < -0.39 is 23.1 Å². The second-order valence-corrected chi connectivity index (χ2v) is 5.49. The Hall–Kier alpha value is -1.35. The van der Waals surface area contributed by atoms with Crippen molar-refractivity contribution in [2.75, 3.05) is 11.9 Å². The molecule has 19 heavy (non-hydrogen) atoms. The number of anilines is 1. The van der Waals surface area contributed by atoms with Crippen LogP contribution in [0.15, 0.2) is 0 Å². The zero-order valence-electron chi connectivity index (χ0n) is 10.0. The Labute approximate surface area is 112 Å². The second kappa shape index (κ2) is 5.74. The fourth-order valence-electron chi connectivity index (χ4n) is 1.97. The molecule has 1 aromatic rings. The molecule has 1 saturated carbocycles. The van der Waals surface area contributed by atoms with Gasteiger partial charge in [0.1, 0.15) is 0 Å². The number of halogens is 2. The normalized spacial score (nSPS) is 17.7. The third-order valence-corrected chi connectivity index (χ3v) is 3.81. The van der Waals surface area contributed by atoms with Gasteiger partial charge in [0.15, 0.2) is 5.01 Å². The number of amides is 2. The monoisotopic (exact) mass is 292 g/mol. The lowest BCUT2D eigenvalue weighted by Gasteiger charge is -2.22. The summed E-state index contributed by atoms with van der Waals surface area (Å²) < 4.78 is 24.5. The maximum absolute atomic E-state index is 12.3. The summed E-state index contributed by atoms with van der Waals surface area (Å²) in [6.07, 6.45) is 0.487. The molecule has 0 bridgehead atoms.